The molecule has 1 aliphatic heterocycles. The van der Waals surface area contributed by atoms with Crippen LogP contribution in [0.3, 0.4) is 0 Å². The van der Waals surface area contributed by atoms with E-state index in [4.69, 9.17) is 0 Å². The first-order chi connectivity index (χ1) is 11.3. The van der Waals surface area contributed by atoms with Gasteiger partial charge in [0, 0.05) is 57.6 Å². The van der Waals surface area contributed by atoms with Gasteiger partial charge in [0.15, 0.2) is 0 Å². The highest BCUT2D eigenvalue weighted by molar-refractivity contribution is 5.26. The van der Waals surface area contributed by atoms with Gasteiger partial charge in [-0.25, -0.2) is 0 Å². The first-order valence-corrected chi connectivity index (χ1v) is 8.37. The summed E-state index contributed by atoms with van der Waals surface area (Å²) in [5, 5.41) is 9.44. The smallest absolute Gasteiger partial charge is 0.0685 e. The highest BCUT2D eigenvalue weighted by Crippen LogP contribution is 2.13. The molecule has 0 aliphatic carbocycles. The van der Waals surface area contributed by atoms with Gasteiger partial charge in [-0.05, 0) is 23.3 Å². The van der Waals surface area contributed by atoms with Gasteiger partial charge in [-0.15, -0.1) is 0 Å². The number of nitrogens with zero attached hydrogens (tertiary/aromatic N) is 3. The third kappa shape index (κ3) is 4.61. The molecule has 4 nitrogen and oxygen atoms in total. The summed E-state index contributed by atoms with van der Waals surface area (Å²) in [7, 11) is 0. The fourth-order valence-electron chi connectivity index (χ4n) is 3.10. The maximum atomic E-state index is 9.44. The topological polar surface area (TPSA) is 39.6 Å². The van der Waals surface area contributed by atoms with Crippen molar-refractivity contribution in [3.63, 3.8) is 0 Å². The number of piperazine rings is 1. The van der Waals surface area contributed by atoms with Crippen LogP contribution in [0.5, 0.6) is 0 Å². The van der Waals surface area contributed by atoms with Gasteiger partial charge in [0.05, 0.1) is 6.61 Å². The van der Waals surface area contributed by atoms with E-state index >= 15 is 0 Å². The molecule has 0 amide bonds. The van der Waals surface area contributed by atoms with Gasteiger partial charge in [0.2, 0.25) is 0 Å². The Morgan fingerprint density at radius 1 is 0.870 bits per heavy atom. The van der Waals surface area contributed by atoms with E-state index in [0.29, 0.717) is 0 Å². The molecule has 0 bridgehead atoms. The van der Waals surface area contributed by atoms with Crippen LogP contribution >= 0.6 is 0 Å². The lowest BCUT2D eigenvalue weighted by molar-refractivity contribution is 0.127. The van der Waals surface area contributed by atoms with Crippen molar-refractivity contribution in [2.45, 2.75) is 19.6 Å². The van der Waals surface area contributed by atoms with Crippen molar-refractivity contribution in [1.29, 1.82) is 0 Å². The van der Waals surface area contributed by atoms with Crippen molar-refractivity contribution in [3.8, 4) is 0 Å². The maximum absolute atomic E-state index is 9.44. The maximum Gasteiger partial charge on any atom is 0.0685 e. The highest BCUT2D eigenvalue weighted by Gasteiger charge is 2.17. The molecule has 0 radical (unpaired) electrons. The van der Waals surface area contributed by atoms with Crippen LogP contribution in [0, 0.1) is 0 Å². The van der Waals surface area contributed by atoms with E-state index in [9.17, 15) is 5.11 Å². The normalized spacial score (nSPS) is 16.6. The second-order valence-corrected chi connectivity index (χ2v) is 6.12. The Kier molecular flexibility index (Phi) is 5.75. The Morgan fingerprint density at radius 3 is 2.26 bits per heavy atom. The molecule has 1 aliphatic rings. The first kappa shape index (κ1) is 16.1. The minimum Gasteiger partial charge on any atom is -0.392 e. The molecule has 1 aromatic carbocycles. The second kappa shape index (κ2) is 8.20. The Labute approximate surface area is 138 Å². The van der Waals surface area contributed by atoms with Gasteiger partial charge >= 0.3 is 0 Å². The average molecular weight is 311 g/mol. The Morgan fingerprint density at radius 2 is 1.57 bits per heavy atom. The molecule has 1 fully saturated rings. The number of aromatic nitrogens is 1. The van der Waals surface area contributed by atoms with E-state index in [1.54, 1.807) is 0 Å². The predicted molar refractivity (Wildman–Crippen MR) is 92.0 cm³/mol. The third-order valence-electron chi connectivity index (χ3n) is 4.56. The van der Waals surface area contributed by atoms with Crippen LogP contribution in [0.2, 0.25) is 0 Å². The molecule has 4 heteroatoms. The molecule has 0 saturated carbocycles. The largest absolute Gasteiger partial charge is 0.392 e. The summed E-state index contributed by atoms with van der Waals surface area (Å²) in [4.78, 5) is 9.39. The van der Waals surface area contributed by atoms with E-state index in [0.717, 1.165) is 51.3 Å². The monoisotopic (exact) mass is 311 g/mol. The van der Waals surface area contributed by atoms with Crippen LogP contribution in [0.1, 0.15) is 16.8 Å². The van der Waals surface area contributed by atoms with Crippen LogP contribution in [0.25, 0.3) is 0 Å². The quantitative estimate of drug-likeness (QED) is 0.885. The van der Waals surface area contributed by atoms with Crippen molar-refractivity contribution >= 4 is 0 Å². The van der Waals surface area contributed by atoms with Gasteiger partial charge in [0.1, 0.15) is 0 Å². The number of benzene rings is 1. The van der Waals surface area contributed by atoms with Gasteiger partial charge in [-0.2, -0.15) is 0 Å². The summed E-state index contributed by atoms with van der Waals surface area (Å²) >= 11 is 0. The highest BCUT2D eigenvalue weighted by atomic mass is 16.3. The van der Waals surface area contributed by atoms with Crippen molar-refractivity contribution in [2.75, 3.05) is 32.7 Å². The molecule has 2 aromatic rings. The molecule has 23 heavy (non-hydrogen) atoms. The summed E-state index contributed by atoms with van der Waals surface area (Å²) in [6, 6.07) is 14.3. The first-order valence-electron chi connectivity index (χ1n) is 8.37. The zero-order valence-electron chi connectivity index (χ0n) is 13.6. The van der Waals surface area contributed by atoms with Gasteiger partial charge in [-0.1, -0.05) is 30.3 Å². The lowest BCUT2D eigenvalue weighted by Gasteiger charge is -2.35. The zero-order chi connectivity index (χ0) is 15.9. The van der Waals surface area contributed by atoms with Crippen LogP contribution in [-0.2, 0) is 19.6 Å². The lowest BCUT2D eigenvalue weighted by atomic mass is 10.1. The number of aliphatic hydroxyl groups is 1. The lowest BCUT2D eigenvalue weighted by Crippen LogP contribution is -2.46. The van der Waals surface area contributed by atoms with Crippen LogP contribution in [0.4, 0.5) is 0 Å². The van der Waals surface area contributed by atoms with E-state index in [-0.39, 0.29) is 6.61 Å². The van der Waals surface area contributed by atoms with Crippen LogP contribution in [0.15, 0.2) is 48.7 Å². The number of hydrogen-bond donors (Lipinski definition) is 1. The average Bonchev–Trinajstić information content (AvgIpc) is 2.62. The van der Waals surface area contributed by atoms with Crippen LogP contribution < -0.4 is 0 Å². The van der Waals surface area contributed by atoms with E-state index in [1.165, 1.54) is 11.3 Å². The van der Waals surface area contributed by atoms with Gasteiger partial charge < -0.3 is 10.0 Å². The molecule has 122 valence electrons. The van der Waals surface area contributed by atoms with Gasteiger partial charge in [-0.3, -0.25) is 9.88 Å². The standard InChI is InChI=1S/C19H25N3O/c23-16-18-6-2-1-5-17(18)15-22-13-11-21(12-14-22)10-8-19-7-3-4-9-20-19/h1-7,9,23H,8,10-16H2. The SMILES string of the molecule is OCc1ccccc1CN1CCN(CCc2ccccn2)CC1. The van der Waals surface area contributed by atoms with E-state index < -0.39 is 0 Å². The molecular formula is C19H25N3O. The Bertz CT molecular complexity index is 595. The summed E-state index contributed by atoms with van der Waals surface area (Å²) in [5.74, 6) is 0. The predicted octanol–water partition coefficient (Wildman–Crippen LogP) is 1.93. The van der Waals surface area contributed by atoms with Crippen LogP contribution in [-0.4, -0.2) is 52.6 Å². The molecule has 0 atom stereocenters. The van der Waals surface area contributed by atoms with Crippen molar-refractivity contribution in [3.05, 3.63) is 65.5 Å². The summed E-state index contributed by atoms with van der Waals surface area (Å²) < 4.78 is 0. The molecule has 3 rings (SSSR count). The van der Waals surface area contributed by atoms with E-state index in [2.05, 4.69) is 39.0 Å². The molecule has 2 heterocycles. The molecule has 1 saturated heterocycles. The van der Waals surface area contributed by atoms with E-state index in [1.807, 2.05) is 24.4 Å². The second-order valence-electron chi connectivity index (χ2n) is 6.12. The molecular weight excluding hydrogens is 286 g/mol. The van der Waals surface area contributed by atoms with Crippen molar-refractivity contribution < 1.29 is 5.11 Å². The minimum absolute atomic E-state index is 0.125. The summed E-state index contributed by atoms with van der Waals surface area (Å²) in [5.41, 5.74) is 3.47. The minimum atomic E-state index is 0.125. The van der Waals surface area contributed by atoms with Crippen molar-refractivity contribution in [1.82, 2.24) is 14.8 Å². The van der Waals surface area contributed by atoms with Gasteiger partial charge in [0.25, 0.3) is 0 Å². The fraction of sp³-hybridized carbons (Fsp3) is 0.421. The number of hydrogen-bond acceptors (Lipinski definition) is 4. The summed E-state index contributed by atoms with van der Waals surface area (Å²) in [6.45, 7) is 6.52. The Balaban J connectivity index is 1.45. The fourth-order valence-corrected chi connectivity index (χ4v) is 3.10. The zero-order valence-corrected chi connectivity index (χ0v) is 13.6. The third-order valence-corrected chi connectivity index (χ3v) is 4.56. The molecule has 0 unspecified atom stereocenters. The summed E-state index contributed by atoms with van der Waals surface area (Å²) in [6.07, 6.45) is 2.89. The number of pyridine rings is 1. The molecule has 0 spiro atoms. The molecule has 1 N–H and O–H groups in total. The molecule has 1 aromatic heterocycles. The van der Waals surface area contributed by atoms with Crippen molar-refractivity contribution in [2.24, 2.45) is 0 Å². The number of aliphatic hydroxyl groups excluding tert-OH is 1. The Hall–Kier alpha value is -1.75. The number of rotatable bonds is 6.